The third-order valence-electron chi connectivity index (χ3n) is 4.98. The Morgan fingerprint density at radius 3 is 2.03 bits per heavy atom. The van der Waals surface area contributed by atoms with Gasteiger partial charge in [-0.1, -0.05) is 54.1 Å². The third-order valence-corrected chi connectivity index (χ3v) is 6.76. The topological polar surface area (TPSA) is 75.3 Å². The SMILES string of the molecule is Cc1cc(C)c(S(=O)(=O)N[C@H](Cc2ccccc2)C(=O)Nc2c(F)cccc2F)c(C)c1. The lowest BCUT2D eigenvalue weighted by Crippen LogP contribution is -2.45. The molecule has 0 aliphatic carbocycles. The smallest absolute Gasteiger partial charge is 0.243 e. The molecular weight excluding hydrogens is 434 g/mol. The van der Waals surface area contributed by atoms with Crippen molar-refractivity contribution < 1.29 is 22.0 Å². The number of nitrogens with one attached hydrogen (secondary N) is 2. The van der Waals surface area contributed by atoms with Gasteiger partial charge in [-0.2, -0.15) is 4.72 Å². The minimum Gasteiger partial charge on any atom is -0.320 e. The van der Waals surface area contributed by atoms with Crippen LogP contribution in [0.2, 0.25) is 0 Å². The Morgan fingerprint density at radius 1 is 0.906 bits per heavy atom. The average molecular weight is 459 g/mol. The van der Waals surface area contributed by atoms with Gasteiger partial charge in [0.25, 0.3) is 0 Å². The lowest BCUT2D eigenvalue weighted by atomic mass is 10.1. The molecule has 3 aromatic carbocycles. The van der Waals surface area contributed by atoms with E-state index in [0.29, 0.717) is 16.7 Å². The predicted molar refractivity (Wildman–Crippen MR) is 120 cm³/mol. The molecule has 0 aliphatic rings. The van der Waals surface area contributed by atoms with Crippen molar-refractivity contribution in [2.24, 2.45) is 0 Å². The van der Waals surface area contributed by atoms with E-state index in [-0.39, 0.29) is 11.3 Å². The van der Waals surface area contributed by atoms with Crippen molar-refractivity contribution >= 4 is 21.6 Å². The van der Waals surface area contributed by atoms with Crippen molar-refractivity contribution in [1.82, 2.24) is 4.72 Å². The number of halogens is 2. The molecule has 8 heteroatoms. The zero-order valence-electron chi connectivity index (χ0n) is 17.9. The summed E-state index contributed by atoms with van der Waals surface area (Å²) >= 11 is 0. The number of hydrogen-bond donors (Lipinski definition) is 2. The summed E-state index contributed by atoms with van der Waals surface area (Å²) in [5, 5.41) is 2.20. The number of carbonyl (C=O) groups is 1. The summed E-state index contributed by atoms with van der Waals surface area (Å²) in [6.45, 7) is 5.21. The van der Waals surface area contributed by atoms with Crippen LogP contribution in [0.3, 0.4) is 0 Å². The fourth-order valence-corrected chi connectivity index (χ4v) is 5.35. The Hall–Kier alpha value is -3.10. The number of sulfonamides is 1. The molecule has 168 valence electrons. The van der Waals surface area contributed by atoms with Gasteiger partial charge in [-0.3, -0.25) is 4.79 Å². The van der Waals surface area contributed by atoms with E-state index in [2.05, 4.69) is 10.0 Å². The second-order valence-electron chi connectivity index (χ2n) is 7.68. The highest BCUT2D eigenvalue weighted by Gasteiger charge is 2.29. The molecule has 32 heavy (non-hydrogen) atoms. The van der Waals surface area contributed by atoms with Crippen molar-refractivity contribution in [2.75, 3.05) is 5.32 Å². The zero-order valence-corrected chi connectivity index (χ0v) is 18.8. The Bertz CT molecular complexity index is 1200. The quantitative estimate of drug-likeness (QED) is 0.551. The summed E-state index contributed by atoms with van der Waals surface area (Å²) < 4.78 is 57.0. The van der Waals surface area contributed by atoms with Gasteiger partial charge in [0.1, 0.15) is 23.4 Å². The van der Waals surface area contributed by atoms with E-state index in [4.69, 9.17) is 0 Å². The lowest BCUT2D eigenvalue weighted by molar-refractivity contribution is -0.117. The summed E-state index contributed by atoms with van der Waals surface area (Å²) in [5.74, 6) is -2.78. The molecular formula is C24H24F2N2O3S. The summed E-state index contributed by atoms with van der Waals surface area (Å²) in [4.78, 5) is 13.1. The standard InChI is InChI=1S/C24H24F2N2O3S/c1-15-12-16(2)23(17(3)13-15)32(30,31)28-21(14-18-8-5-4-6-9-18)24(29)27-22-19(25)10-7-11-20(22)26/h4-13,21,28H,14H2,1-3H3,(H,27,29)/t21-/m1/s1. The molecule has 0 saturated heterocycles. The number of anilines is 1. The van der Waals surface area contributed by atoms with Crippen molar-refractivity contribution in [3.05, 3.63) is 94.6 Å². The molecule has 5 nitrogen and oxygen atoms in total. The highest BCUT2D eigenvalue weighted by Crippen LogP contribution is 2.23. The van der Waals surface area contributed by atoms with Gasteiger partial charge < -0.3 is 5.32 Å². The number of benzene rings is 3. The van der Waals surface area contributed by atoms with Gasteiger partial charge in [-0.05, 0) is 56.0 Å². The summed E-state index contributed by atoms with van der Waals surface area (Å²) in [6, 6.07) is 14.1. The first-order chi connectivity index (χ1) is 15.1. The molecule has 0 heterocycles. The van der Waals surface area contributed by atoms with Crippen molar-refractivity contribution in [2.45, 2.75) is 38.1 Å². The Balaban J connectivity index is 1.97. The van der Waals surface area contributed by atoms with Crippen LogP contribution in [0.15, 0.2) is 65.6 Å². The molecule has 3 aromatic rings. The number of amides is 1. The molecule has 0 fully saturated rings. The van der Waals surface area contributed by atoms with Crippen LogP contribution in [-0.4, -0.2) is 20.4 Å². The minimum atomic E-state index is -4.11. The molecule has 0 saturated carbocycles. The van der Waals surface area contributed by atoms with E-state index < -0.39 is 39.3 Å². The highest BCUT2D eigenvalue weighted by molar-refractivity contribution is 7.89. The molecule has 2 N–H and O–H groups in total. The fraction of sp³-hybridized carbons (Fsp3) is 0.208. The Kier molecular flexibility index (Phi) is 7.06. The Morgan fingerprint density at radius 2 is 1.47 bits per heavy atom. The van der Waals surface area contributed by atoms with Crippen LogP contribution in [0.4, 0.5) is 14.5 Å². The van der Waals surface area contributed by atoms with Crippen LogP contribution in [0.1, 0.15) is 22.3 Å². The van der Waals surface area contributed by atoms with Crippen LogP contribution in [0.25, 0.3) is 0 Å². The zero-order chi connectivity index (χ0) is 23.5. The van der Waals surface area contributed by atoms with E-state index in [1.807, 2.05) is 6.92 Å². The second-order valence-corrected chi connectivity index (χ2v) is 9.33. The van der Waals surface area contributed by atoms with Gasteiger partial charge in [-0.25, -0.2) is 17.2 Å². The van der Waals surface area contributed by atoms with Crippen molar-refractivity contribution in [3.63, 3.8) is 0 Å². The third kappa shape index (κ3) is 5.38. The molecule has 0 aliphatic heterocycles. The van der Waals surface area contributed by atoms with Crippen LogP contribution < -0.4 is 10.0 Å². The lowest BCUT2D eigenvalue weighted by Gasteiger charge is -2.21. The number of hydrogen-bond acceptors (Lipinski definition) is 3. The van der Waals surface area contributed by atoms with Crippen LogP contribution in [-0.2, 0) is 21.2 Å². The first-order valence-electron chi connectivity index (χ1n) is 9.97. The highest BCUT2D eigenvalue weighted by atomic mass is 32.2. The number of carbonyl (C=O) groups excluding carboxylic acids is 1. The molecule has 1 amide bonds. The van der Waals surface area contributed by atoms with Crippen molar-refractivity contribution in [3.8, 4) is 0 Å². The maximum Gasteiger partial charge on any atom is 0.243 e. The van der Waals surface area contributed by atoms with Gasteiger partial charge in [0, 0.05) is 0 Å². The first kappa shape index (κ1) is 23.6. The molecule has 0 unspecified atom stereocenters. The summed E-state index contributed by atoms with van der Waals surface area (Å²) in [7, 11) is -4.11. The first-order valence-corrected chi connectivity index (χ1v) is 11.5. The van der Waals surface area contributed by atoms with E-state index in [9.17, 15) is 22.0 Å². The maximum atomic E-state index is 14.1. The van der Waals surface area contributed by atoms with Gasteiger partial charge in [-0.15, -0.1) is 0 Å². The van der Waals surface area contributed by atoms with Gasteiger partial charge >= 0.3 is 0 Å². The van der Waals surface area contributed by atoms with Crippen LogP contribution in [0, 0.1) is 32.4 Å². The molecule has 0 bridgehead atoms. The monoisotopic (exact) mass is 458 g/mol. The van der Waals surface area contributed by atoms with E-state index in [1.165, 1.54) is 6.07 Å². The van der Waals surface area contributed by atoms with Gasteiger partial charge in [0.15, 0.2) is 0 Å². The number of rotatable bonds is 7. The van der Waals surface area contributed by atoms with E-state index in [0.717, 1.165) is 17.7 Å². The average Bonchev–Trinajstić information content (AvgIpc) is 2.69. The molecule has 0 radical (unpaired) electrons. The summed E-state index contributed by atoms with van der Waals surface area (Å²) in [5.41, 5.74) is 2.04. The number of para-hydroxylation sites is 1. The summed E-state index contributed by atoms with van der Waals surface area (Å²) in [6.07, 6.45) is -0.00800. The van der Waals surface area contributed by atoms with Gasteiger partial charge in [0.2, 0.25) is 15.9 Å². The van der Waals surface area contributed by atoms with Crippen molar-refractivity contribution in [1.29, 1.82) is 0 Å². The molecule has 1 atom stereocenters. The fourth-order valence-electron chi connectivity index (χ4n) is 3.70. The minimum absolute atomic E-state index is 0.00800. The molecule has 0 aromatic heterocycles. The van der Waals surface area contributed by atoms with E-state index in [1.54, 1.807) is 56.3 Å². The Labute approximate surface area is 186 Å². The predicted octanol–water partition coefficient (Wildman–Crippen LogP) is 4.42. The number of aryl methyl sites for hydroxylation is 3. The van der Waals surface area contributed by atoms with Crippen LogP contribution >= 0.6 is 0 Å². The molecule has 3 rings (SSSR count). The van der Waals surface area contributed by atoms with Gasteiger partial charge in [0.05, 0.1) is 4.90 Å². The van der Waals surface area contributed by atoms with Crippen LogP contribution in [0.5, 0.6) is 0 Å². The maximum absolute atomic E-state index is 14.1. The van der Waals surface area contributed by atoms with E-state index >= 15 is 0 Å². The normalized spacial score (nSPS) is 12.4. The largest absolute Gasteiger partial charge is 0.320 e. The second kappa shape index (κ2) is 9.58. The molecule has 0 spiro atoms.